The summed E-state index contributed by atoms with van der Waals surface area (Å²) in [5.74, 6) is 3.71. The van der Waals surface area contributed by atoms with Crippen LogP contribution in [0.3, 0.4) is 0 Å². The summed E-state index contributed by atoms with van der Waals surface area (Å²) in [6, 6.07) is 0. The third kappa shape index (κ3) is 15.4. The number of alkyl halides is 1. The summed E-state index contributed by atoms with van der Waals surface area (Å²) in [6.07, 6.45) is 14.4. The molecule has 0 aliphatic carbocycles. The molecule has 0 radical (unpaired) electrons. The van der Waals surface area contributed by atoms with Gasteiger partial charge in [0.1, 0.15) is 0 Å². The molecule has 1 heteroatoms. The van der Waals surface area contributed by atoms with Crippen LogP contribution in [0.2, 0.25) is 0 Å². The third-order valence-electron chi connectivity index (χ3n) is 4.87. The largest absolute Gasteiger partial charge is 0.0864 e. The first-order valence-electron chi connectivity index (χ1n) is 9.51. The zero-order valence-corrected chi connectivity index (χ0v) is 17.6. The molecular formula is C20H41I. The van der Waals surface area contributed by atoms with Crippen molar-refractivity contribution in [1.29, 1.82) is 0 Å². The summed E-state index contributed by atoms with van der Waals surface area (Å²) in [5.41, 5.74) is 0. The molecule has 128 valence electrons. The van der Waals surface area contributed by atoms with Gasteiger partial charge in [-0.05, 0) is 34.5 Å². The van der Waals surface area contributed by atoms with Crippen molar-refractivity contribution < 1.29 is 0 Å². The summed E-state index contributed by atoms with van der Waals surface area (Å²) in [5, 5.41) is 0. The third-order valence-corrected chi connectivity index (χ3v) is 5.49. The van der Waals surface area contributed by atoms with Crippen LogP contribution in [-0.2, 0) is 0 Å². The van der Waals surface area contributed by atoms with Gasteiger partial charge in [0.15, 0.2) is 0 Å². The molecule has 0 fully saturated rings. The molecule has 0 nitrogen and oxygen atoms in total. The van der Waals surface area contributed by atoms with Gasteiger partial charge in [0.2, 0.25) is 0 Å². The molecule has 0 saturated carbocycles. The Kier molecular flexibility index (Phi) is 14.8. The molecule has 0 N–H and O–H groups in total. The van der Waals surface area contributed by atoms with Crippen molar-refractivity contribution in [2.24, 2.45) is 23.7 Å². The zero-order chi connectivity index (χ0) is 16.1. The predicted molar refractivity (Wildman–Crippen MR) is 107 cm³/mol. The van der Waals surface area contributed by atoms with Crippen LogP contribution in [0, 0.1) is 23.7 Å². The van der Waals surface area contributed by atoms with Crippen LogP contribution in [0.5, 0.6) is 0 Å². The van der Waals surface area contributed by atoms with Crippen LogP contribution >= 0.6 is 22.6 Å². The Morgan fingerprint density at radius 2 is 0.857 bits per heavy atom. The van der Waals surface area contributed by atoms with Gasteiger partial charge in [0.25, 0.3) is 0 Å². The predicted octanol–water partition coefficient (Wildman–Crippen LogP) is 7.89. The molecule has 0 amide bonds. The maximum atomic E-state index is 2.50. The van der Waals surface area contributed by atoms with Gasteiger partial charge in [-0.3, -0.25) is 0 Å². The van der Waals surface area contributed by atoms with E-state index in [1.54, 1.807) is 0 Å². The second-order valence-corrected chi connectivity index (χ2v) is 9.06. The number of hydrogen-bond acceptors (Lipinski definition) is 0. The van der Waals surface area contributed by atoms with Crippen LogP contribution in [0.25, 0.3) is 0 Å². The van der Waals surface area contributed by atoms with Gasteiger partial charge >= 0.3 is 0 Å². The van der Waals surface area contributed by atoms with Gasteiger partial charge in [-0.1, -0.05) is 115 Å². The van der Waals surface area contributed by atoms with E-state index in [0.717, 1.165) is 23.7 Å². The van der Waals surface area contributed by atoms with E-state index in [-0.39, 0.29) is 0 Å². The number of rotatable bonds is 14. The molecule has 0 unspecified atom stereocenters. The van der Waals surface area contributed by atoms with Crippen molar-refractivity contribution in [1.82, 2.24) is 0 Å². The van der Waals surface area contributed by atoms with E-state index in [9.17, 15) is 0 Å². The minimum Gasteiger partial charge on any atom is -0.0864 e. The first kappa shape index (κ1) is 21.7. The first-order chi connectivity index (χ1) is 9.95. The Morgan fingerprint density at radius 3 is 1.19 bits per heavy atom. The maximum Gasteiger partial charge on any atom is -0.000219 e. The molecule has 21 heavy (non-hydrogen) atoms. The highest BCUT2D eigenvalue weighted by molar-refractivity contribution is 14.1. The highest BCUT2D eigenvalue weighted by atomic mass is 127. The summed E-state index contributed by atoms with van der Waals surface area (Å²) >= 11 is 2.50. The Balaban J connectivity index is 3.45. The minimum atomic E-state index is 0.881. The molecular weight excluding hydrogens is 367 g/mol. The SMILES string of the molecule is CC(C)CCC[C@@H](C)CCC[C@@H](C)CCC[C@@H](C)CCI. The molecule has 0 saturated heterocycles. The molecule has 0 heterocycles. The van der Waals surface area contributed by atoms with Crippen molar-refractivity contribution in [2.75, 3.05) is 4.43 Å². The van der Waals surface area contributed by atoms with Gasteiger partial charge in [-0.25, -0.2) is 0 Å². The summed E-state index contributed by atoms with van der Waals surface area (Å²) in [6.45, 7) is 12.0. The normalized spacial score (nSPS) is 16.1. The second-order valence-electron chi connectivity index (χ2n) is 7.98. The second kappa shape index (κ2) is 14.3. The highest BCUT2D eigenvalue weighted by Crippen LogP contribution is 2.22. The molecule has 0 rings (SSSR count). The fourth-order valence-electron chi connectivity index (χ4n) is 3.12. The van der Waals surface area contributed by atoms with E-state index in [1.807, 2.05) is 0 Å². The lowest BCUT2D eigenvalue weighted by molar-refractivity contribution is 0.377. The van der Waals surface area contributed by atoms with Gasteiger partial charge in [-0.2, -0.15) is 0 Å². The molecule has 0 aromatic heterocycles. The molecule has 0 aliphatic rings. The van der Waals surface area contributed by atoms with E-state index in [0.29, 0.717) is 0 Å². The van der Waals surface area contributed by atoms with Crippen molar-refractivity contribution in [3.63, 3.8) is 0 Å². The summed E-state index contributed by atoms with van der Waals surface area (Å²) in [4.78, 5) is 0. The molecule has 0 spiro atoms. The minimum absolute atomic E-state index is 0.881. The fraction of sp³-hybridized carbons (Fsp3) is 1.00. The Labute approximate surface area is 149 Å². The number of hydrogen-bond donors (Lipinski definition) is 0. The van der Waals surface area contributed by atoms with Gasteiger partial charge in [-0.15, -0.1) is 0 Å². The molecule has 0 aromatic rings. The molecule has 0 aliphatic heterocycles. The first-order valence-corrected chi connectivity index (χ1v) is 11.0. The van der Waals surface area contributed by atoms with Crippen molar-refractivity contribution >= 4 is 22.6 Å². The van der Waals surface area contributed by atoms with E-state index >= 15 is 0 Å². The average Bonchev–Trinajstić information content (AvgIpc) is 2.38. The monoisotopic (exact) mass is 408 g/mol. The smallest absolute Gasteiger partial charge is 0.000219 e. The molecule has 0 bridgehead atoms. The standard InChI is InChI=1S/C20H41I/c1-17(2)9-6-10-18(3)11-7-12-19(4)13-8-14-20(5)15-16-21/h17-20H,6-16H2,1-5H3/t18-,19-,20-/m1/s1. The summed E-state index contributed by atoms with van der Waals surface area (Å²) in [7, 11) is 0. The molecule has 0 aromatic carbocycles. The lowest BCUT2D eigenvalue weighted by Crippen LogP contribution is -2.01. The van der Waals surface area contributed by atoms with E-state index in [4.69, 9.17) is 0 Å². The molecule has 3 atom stereocenters. The van der Waals surface area contributed by atoms with E-state index in [2.05, 4.69) is 57.2 Å². The lowest BCUT2D eigenvalue weighted by Gasteiger charge is -2.16. The van der Waals surface area contributed by atoms with Gasteiger partial charge in [0, 0.05) is 0 Å². The van der Waals surface area contributed by atoms with Crippen LogP contribution in [0.4, 0.5) is 0 Å². The average molecular weight is 408 g/mol. The Bertz CT molecular complexity index is 212. The van der Waals surface area contributed by atoms with Crippen LogP contribution in [-0.4, -0.2) is 4.43 Å². The Morgan fingerprint density at radius 1 is 0.524 bits per heavy atom. The van der Waals surface area contributed by atoms with Crippen molar-refractivity contribution in [3.8, 4) is 0 Å². The number of halogens is 1. The van der Waals surface area contributed by atoms with Crippen molar-refractivity contribution in [3.05, 3.63) is 0 Å². The van der Waals surface area contributed by atoms with Gasteiger partial charge in [0.05, 0.1) is 0 Å². The summed E-state index contributed by atoms with van der Waals surface area (Å²) < 4.78 is 1.32. The topological polar surface area (TPSA) is 0 Å². The van der Waals surface area contributed by atoms with Gasteiger partial charge < -0.3 is 0 Å². The zero-order valence-electron chi connectivity index (χ0n) is 15.5. The highest BCUT2D eigenvalue weighted by Gasteiger charge is 2.07. The van der Waals surface area contributed by atoms with E-state index < -0.39 is 0 Å². The maximum absolute atomic E-state index is 2.50. The van der Waals surface area contributed by atoms with Crippen LogP contribution in [0.1, 0.15) is 98.8 Å². The Hall–Kier alpha value is 0.730. The van der Waals surface area contributed by atoms with Crippen LogP contribution < -0.4 is 0 Å². The fourth-order valence-corrected chi connectivity index (χ4v) is 4.19. The van der Waals surface area contributed by atoms with E-state index in [1.165, 1.54) is 68.6 Å². The lowest BCUT2D eigenvalue weighted by atomic mass is 9.91. The van der Waals surface area contributed by atoms with Crippen molar-refractivity contribution in [2.45, 2.75) is 98.8 Å². The van der Waals surface area contributed by atoms with Crippen LogP contribution in [0.15, 0.2) is 0 Å². The quantitative estimate of drug-likeness (QED) is 0.202.